The highest BCUT2D eigenvalue weighted by atomic mass is 16.6. The van der Waals surface area contributed by atoms with Crippen LogP contribution in [0.1, 0.15) is 41.6 Å². The molecule has 1 aromatic heterocycles. The number of likely N-dealkylation sites (tertiary alicyclic amines) is 1. The number of carboxylic acid groups (broad SMARTS) is 1. The van der Waals surface area contributed by atoms with Crippen molar-refractivity contribution in [1.29, 1.82) is 0 Å². The van der Waals surface area contributed by atoms with Crippen LogP contribution in [0.25, 0.3) is 0 Å². The van der Waals surface area contributed by atoms with Gasteiger partial charge < -0.3 is 14.7 Å². The smallest absolute Gasteiger partial charge is 0.415 e. The molecule has 1 aromatic carbocycles. The number of hydrogen-bond acceptors (Lipinski definition) is 4. The zero-order chi connectivity index (χ0) is 19.1. The molecule has 1 fully saturated rings. The monoisotopic (exact) mass is 368 g/mol. The molecule has 1 aliphatic heterocycles. The Morgan fingerprint density at radius 1 is 1.22 bits per heavy atom. The molecular weight excluding hydrogens is 344 g/mol. The van der Waals surface area contributed by atoms with Crippen molar-refractivity contribution < 1.29 is 19.4 Å². The lowest BCUT2D eigenvalue weighted by Gasteiger charge is -2.32. The molecule has 1 aliphatic rings. The largest absolute Gasteiger partial charge is 0.478 e. The molecule has 27 heavy (non-hydrogen) atoms. The first-order valence-corrected chi connectivity index (χ1v) is 9.31. The lowest BCUT2D eigenvalue weighted by Crippen LogP contribution is -2.41. The van der Waals surface area contributed by atoms with Crippen LogP contribution >= 0.6 is 0 Å². The van der Waals surface area contributed by atoms with Gasteiger partial charge in [0.2, 0.25) is 0 Å². The fourth-order valence-electron chi connectivity index (χ4n) is 3.46. The van der Waals surface area contributed by atoms with Crippen LogP contribution in [0, 0.1) is 5.92 Å². The van der Waals surface area contributed by atoms with Gasteiger partial charge in [-0.2, -0.15) is 0 Å². The Kier molecular flexibility index (Phi) is 6.41. The first kappa shape index (κ1) is 18.9. The minimum atomic E-state index is -1.10. The Bertz CT molecular complexity index is 779. The van der Waals surface area contributed by atoms with Gasteiger partial charge in [-0.1, -0.05) is 30.3 Å². The second-order valence-electron chi connectivity index (χ2n) is 6.91. The molecule has 142 valence electrons. The van der Waals surface area contributed by atoms with Crippen LogP contribution in [0.3, 0.4) is 0 Å². The number of amides is 1. The van der Waals surface area contributed by atoms with Crippen LogP contribution in [-0.2, 0) is 6.42 Å². The predicted octanol–water partition coefficient (Wildman–Crippen LogP) is 4.01. The lowest BCUT2D eigenvalue weighted by molar-refractivity contribution is 0.0695. The van der Waals surface area contributed by atoms with Gasteiger partial charge in [-0.3, -0.25) is 4.98 Å². The van der Waals surface area contributed by atoms with Crippen molar-refractivity contribution in [1.82, 2.24) is 9.88 Å². The van der Waals surface area contributed by atoms with E-state index in [1.54, 1.807) is 4.90 Å². The number of nitrogens with zero attached hydrogens (tertiary/aromatic N) is 2. The van der Waals surface area contributed by atoms with Crippen LogP contribution in [0.5, 0.6) is 5.75 Å². The number of ether oxygens (including phenoxy) is 1. The third-order valence-electron chi connectivity index (χ3n) is 4.86. The van der Waals surface area contributed by atoms with Gasteiger partial charge in [0.25, 0.3) is 0 Å². The molecule has 1 unspecified atom stereocenters. The van der Waals surface area contributed by atoms with E-state index in [-0.39, 0.29) is 11.3 Å². The normalized spacial score (nSPS) is 16.7. The van der Waals surface area contributed by atoms with Crippen molar-refractivity contribution in [3.05, 3.63) is 59.9 Å². The van der Waals surface area contributed by atoms with Crippen LogP contribution in [-0.4, -0.2) is 40.1 Å². The van der Waals surface area contributed by atoms with E-state index < -0.39 is 12.1 Å². The number of carbonyl (C=O) groups excluding carboxylic acids is 1. The second-order valence-corrected chi connectivity index (χ2v) is 6.91. The summed E-state index contributed by atoms with van der Waals surface area (Å²) in [5.74, 6) is -0.471. The van der Waals surface area contributed by atoms with Crippen molar-refractivity contribution in [3.63, 3.8) is 0 Å². The van der Waals surface area contributed by atoms with Gasteiger partial charge in [-0.05, 0) is 49.7 Å². The van der Waals surface area contributed by atoms with E-state index in [9.17, 15) is 9.59 Å². The zero-order valence-electron chi connectivity index (χ0n) is 15.2. The maximum Gasteiger partial charge on any atom is 0.415 e. The van der Waals surface area contributed by atoms with Gasteiger partial charge in [-0.15, -0.1) is 0 Å². The second kappa shape index (κ2) is 9.16. The molecule has 3 rings (SSSR count). The van der Waals surface area contributed by atoms with E-state index in [1.165, 1.54) is 24.0 Å². The van der Waals surface area contributed by atoms with Gasteiger partial charge in [-0.25, -0.2) is 9.59 Å². The predicted molar refractivity (Wildman–Crippen MR) is 101 cm³/mol. The number of rotatable bonds is 6. The Morgan fingerprint density at radius 2 is 2.04 bits per heavy atom. The Balaban J connectivity index is 1.49. The van der Waals surface area contributed by atoms with Crippen molar-refractivity contribution in [2.24, 2.45) is 5.92 Å². The molecule has 6 heteroatoms. The summed E-state index contributed by atoms with van der Waals surface area (Å²) in [6.45, 7) is 1.35. The van der Waals surface area contributed by atoms with Gasteiger partial charge in [0.15, 0.2) is 5.75 Å². The summed E-state index contributed by atoms with van der Waals surface area (Å²) in [4.78, 5) is 28.9. The van der Waals surface area contributed by atoms with Gasteiger partial charge in [0, 0.05) is 19.3 Å². The van der Waals surface area contributed by atoms with Crippen LogP contribution in [0.4, 0.5) is 4.79 Å². The summed E-state index contributed by atoms with van der Waals surface area (Å²) in [5, 5.41) is 9.00. The van der Waals surface area contributed by atoms with Gasteiger partial charge >= 0.3 is 12.1 Å². The summed E-state index contributed by atoms with van der Waals surface area (Å²) >= 11 is 0. The number of hydrogen-bond donors (Lipinski definition) is 1. The molecule has 1 saturated heterocycles. The molecule has 0 bridgehead atoms. The maximum absolute atomic E-state index is 12.4. The van der Waals surface area contributed by atoms with Crippen LogP contribution in [0.2, 0.25) is 0 Å². The highest BCUT2D eigenvalue weighted by Gasteiger charge is 2.25. The average molecular weight is 368 g/mol. The molecule has 1 amide bonds. The molecule has 0 aliphatic carbocycles. The third-order valence-corrected chi connectivity index (χ3v) is 4.86. The number of pyridine rings is 1. The minimum absolute atomic E-state index is 0.00210. The summed E-state index contributed by atoms with van der Waals surface area (Å²) < 4.78 is 5.33. The number of carbonyl (C=O) groups is 2. The summed E-state index contributed by atoms with van der Waals surface area (Å²) in [5.41, 5.74) is 1.34. The van der Waals surface area contributed by atoms with Crippen molar-refractivity contribution >= 4 is 12.1 Å². The topological polar surface area (TPSA) is 79.7 Å². The summed E-state index contributed by atoms with van der Waals surface area (Å²) in [7, 11) is 0. The summed E-state index contributed by atoms with van der Waals surface area (Å²) in [6.07, 6.45) is 7.45. The molecule has 1 atom stereocenters. The van der Waals surface area contributed by atoms with Crippen molar-refractivity contribution in [2.75, 3.05) is 13.1 Å². The zero-order valence-corrected chi connectivity index (χ0v) is 15.2. The molecule has 6 nitrogen and oxygen atoms in total. The standard InChI is InChI=1S/C21H24N2O4/c24-20(25)18-12-19(14-22-13-18)27-21(26)23-11-5-10-17(15-23)9-4-8-16-6-2-1-3-7-16/h1-3,6-7,12-14,17H,4-5,8-11,15H2,(H,24,25). The minimum Gasteiger partial charge on any atom is -0.478 e. The van der Waals surface area contributed by atoms with E-state index in [1.807, 2.05) is 6.07 Å². The molecule has 2 aromatic rings. The number of aromatic carboxylic acids is 1. The Morgan fingerprint density at radius 3 is 2.81 bits per heavy atom. The van der Waals surface area contributed by atoms with E-state index in [2.05, 4.69) is 29.2 Å². The molecule has 0 radical (unpaired) electrons. The Labute approximate surface area is 158 Å². The molecular formula is C21H24N2O4. The molecule has 1 N–H and O–H groups in total. The van der Waals surface area contributed by atoms with Gasteiger partial charge in [0.05, 0.1) is 11.8 Å². The highest BCUT2D eigenvalue weighted by molar-refractivity contribution is 5.87. The lowest BCUT2D eigenvalue weighted by atomic mass is 9.92. The molecule has 0 saturated carbocycles. The number of piperidine rings is 1. The van der Waals surface area contributed by atoms with E-state index in [0.717, 1.165) is 32.1 Å². The van der Waals surface area contributed by atoms with Crippen molar-refractivity contribution in [2.45, 2.75) is 32.1 Å². The van der Waals surface area contributed by atoms with E-state index >= 15 is 0 Å². The first-order chi connectivity index (χ1) is 13.1. The maximum atomic E-state index is 12.4. The highest BCUT2D eigenvalue weighted by Crippen LogP contribution is 2.23. The Hall–Kier alpha value is -2.89. The molecule has 2 heterocycles. The number of aromatic nitrogens is 1. The van der Waals surface area contributed by atoms with Gasteiger partial charge in [0.1, 0.15) is 0 Å². The number of carboxylic acids is 1. The average Bonchev–Trinajstić information content (AvgIpc) is 2.69. The van der Waals surface area contributed by atoms with E-state index in [0.29, 0.717) is 19.0 Å². The third kappa shape index (κ3) is 5.54. The number of benzene rings is 1. The van der Waals surface area contributed by atoms with E-state index in [4.69, 9.17) is 9.84 Å². The van der Waals surface area contributed by atoms with Crippen molar-refractivity contribution in [3.8, 4) is 5.75 Å². The van der Waals surface area contributed by atoms with Crippen LogP contribution < -0.4 is 4.74 Å². The summed E-state index contributed by atoms with van der Waals surface area (Å²) in [6, 6.07) is 11.7. The fraction of sp³-hybridized carbons (Fsp3) is 0.381. The fourth-order valence-corrected chi connectivity index (χ4v) is 3.46. The SMILES string of the molecule is O=C(O)c1cncc(OC(=O)N2CCCC(CCCc3ccccc3)C2)c1. The first-order valence-electron chi connectivity index (χ1n) is 9.31. The quantitative estimate of drug-likeness (QED) is 0.833. The number of aryl methyl sites for hydroxylation is 1. The van der Waals surface area contributed by atoms with Crippen LogP contribution in [0.15, 0.2) is 48.8 Å². The molecule has 0 spiro atoms.